The molecule has 0 aromatic rings. The molecule has 0 aromatic heterocycles. The minimum Gasteiger partial charge on any atom is -0.381 e. The van der Waals surface area contributed by atoms with Gasteiger partial charge in [0, 0.05) is 7.11 Å². The minimum absolute atomic E-state index is 0.593. The van der Waals surface area contributed by atoms with Crippen molar-refractivity contribution in [2.24, 2.45) is 11.8 Å². The van der Waals surface area contributed by atoms with Crippen molar-refractivity contribution in [2.75, 3.05) is 7.11 Å². The zero-order valence-electron chi connectivity index (χ0n) is 5.85. The molecule has 1 aliphatic rings. The normalized spacial score (nSPS) is 36.0. The Balaban J connectivity index is 2.16. The van der Waals surface area contributed by atoms with Crippen LogP contribution < -0.4 is 0 Å². The van der Waals surface area contributed by atoms with Gasteiger partial charge in [0.15, 0.2) is 0 Å². The van der Waals surface area contributed by atoms with Crippen molar-refractivity contribution in [3.8, 4) is 0 Å². The quantitative estimate of drug-likeness (QED) is 0.530. The Morgan fingerprint density at radius 3 is 2.25 bits per heavy atom. The summed E-state index contributed by atoms with van der Waals surface area (Å²) in [5.41, 5.74) is 0. The second-order valence-electron chi connectivity index (χ2n) is 2.92. The third-order valence-electron chi connectivity index (χ3n) is 1.94. The highest BCUT2D eigenvalue weighted by atomic mass is 16.5. The van der Waals surface area contributed by atoms with Gasteiger partial charge in [0.1, 0.15) is 0 Å². The maximum Gasteiger partial charge on any atom is 0.0606 e. The van der Waals surface area contributed by atoms with E-state index in [0.717, 1.165) is 11.8 Å². The first-order valence-electron chi connectivity index (χ1n) is 3.28. The summed E-state index contributed by atoms with van der Waals surface area (Å²) in [6, 6.07) is 0. The smallest absolute Gasteiger partial charge is 0.0606 e. The SMILES string of the molecule is CO[C@@H]1C[C@@H]1C(C)C. The molecule has 1 fully saturated rings. The molecule has 0 amide bonds. The third-order valence-corrected chi connectivity index (χ3v) is 1.94. The third kappa shape index (κ3) is 1.03. The molecule has 1 aliphatic carbocycles. The van der Waals surface area contributed by atoms with Gasteiger partial charge in [0.2, 0.25) is 0 Å². The summed E-state index contributed by atoms with van der Waals surface area (Å²) in [6.07, 6.45) is 1.88. The van der Waals surface area contributed by atoms with Gasteiger partial charge in [-0.25, -0.2) is 0 Å². The lowest BCUT2D eigenvalue weighted by molar-refractivity contribution is 0.161. The zero-order chi connectivity index (χ0) is 6.15. The molecule has 0 heterocycles. The number of ether oxygens (including phenoxy) is 1. The second-order valence-corrected chi connectivity index (χ2v) is 2.92. The second kappa shape index (κ2) is 2.06. The van der Waals surface area contributed by atoms with Crippen LogP contribution in [0.15, 0.2) is 0 Å². The standard InChI is InChI=1S/C7H14O/c1-5(2)6-4-7(6)8-3/h5-7H,4H2,1-3H3/t6-,7-/m1/s1. The summed E-state index contributed by atoms with van der Waals surface area (Å²) in [5, 5.41) is 0. The average molecular weight is 114 g/mol. The van der Waals surface area contributed by atoms with Gasteiger partial charge in [-0.05, 0) is 18.3 Å². The Bertz CT molecular complexity index is 78.5. The van der Waals surface area contributed by atoms with Crippen molar-refractivity contribution in [1.29, 1.82) is 0 Å². The Kier molecular flexibility index (Phi) is 1.57. The first kappa shape index (κ1) is 6.09. The lowest BCUT2D eigenvalue weighted by Gasteiger charge is -1.99. The molecule has 0 aliphatic heterocycles. The summed E-state index contributed by atoms with van der Waals surface area (Å²) in [6.45, 7) is 4.51. The number of hydrogen-bond acceptors (Lipinski definition) is 1. The van der Waals surface area contributed by atoms with Crippen LogP contribution in [0.25, 0.3) is 0 Å². The van der Waals surface area contributed by atoms with Crippen LogP contribution in [0.5, 0.6) is 0 Å². The molecule has 2 atom stereocenters. The Labute approximate surface area is 51.0 Å². The number of hydrogen-bond donors (Lipinski definition) is 0. The summed E-state index contributed by atoms with van der Waals surface area (Å²) in [7, 11) is 1.80. The first-order valence-corrected chi connectivity index (χ1v) is 3.28. The van der Waals surface area contributed by atoms with Crippen molar-refractivity contribution < 1.29 is 4.74 Å². The van der Waals surface area contributed by atoms with Crippen molar-refractivity contribution in [3.05, 3.63) is 0 Å². The predicted octanol–water partition coefficient (Wildman–Crippen LogP) is 1.68. The van der Waals surface area contributed by atoms with E-state index in [9.17, 15) is 0 Å². The molecule has 0 N–H and O–H groups in total. The summed E-state index contributed by atoms with van der Waals surface area (Å²) >= 11 is 0. The highest BCUT2D eigenvalue weighted by molar-refractivity contribution is 4.89. The van der Waals surface area contributed by atoms with Crippen LogP contribution in [0.1, 0.15) is 20.3 Å². The van der Waals surface area contributed by atoms with E-state index in [0.29, 0.717) is 6.10 Å². The van der Waals surface area contributed by atoms with E-state index in [1.54, 1.807) is 7.11 Å². The fraction of sp³-hybridized carbons (Fsp3) is 1.00. The van der Waals surface area contributed by atoms with Gasteiger partial charge in [0.25, 0.3) is 0 Å². The van der Waals surface area contributed by atoms with E-state index < -0.39 is 0 Å². The largest absolute Gasteiger partial charge is 0.381 e. The molecule has 0 unspecified atom stereocenters. The predicted molar refractivity (Wildman–Crippen MR) is 33.7 cm³/mol. The van der Waals surface area contributed by atoms with Crippen LogP contribution in [-0.2, 0) is 4.74 Å². The van der Waals surface area contributed by atoms with Crippen LogP contribution in [0.4, 0.5) is 0 Å². The van der Waals surface area contributed by atoms with E-state index in [-0.39, 0.29) is 0 Å². The van der Waals surface area contributed by atoms with Crippen molar-refractivity contribution in [3.63, 3.8) is 0 Å². The van der Waals surface area contributed by atoms with Gasteiger partial charge in [0.05, 0.1) is 6.10 Å². The Morgan fingerprint density at radius 2 is 2.12 bits per heavy atom. The molecule has 1 rings (SSSR count). The highest BCUT2D eigenvalue weighted by Gasteiger charge is 2.39. The van der Waals surface area contributed by atoms with Crippen molar-refractivity contribution in [2.45, 2.75) is 26.4 Å². The van der Waals surface area contributed by atoms with Gasteiger partial charge < -0.3 is 4.74 Å². The minimum atomic E-state index is 0.593. The fourth-order valence-corrected chi connectivity index (χ4v) is 1.16. The monoisotopic (exact) mass is 114 g/mol. The van der Waals surface area contributed by atoms with Gasteiger partial charge in [-0.15, -0.1) is 0 Å². The maximum atomic E-state index is 5.14. The topological polar surface area (TPSA) is 9.23 Å². The molecule has 0 bridgehead atoms. The van der Waals surface area contributed by atoms with Crippen LogP contribution in [0.3, 0.4) is 0 Å². The molecular weight excluding hydrogens is 100 g/mol. The number of methoxy groups -OCH3 is 1. The highest BCUT2D eigenvalue weighted by Crippen LogP contribution is 2.39. The van der Waals surface area contributed by atoms with Crippen molar-refractivity contribution >= 4 is 0 Å². The lowest BCUT2D eigenvalue weighted by Crippen LogP contribution is -1.97. The van der Waals surface area contributed by atoms with Crippen LogP contribution >= 0.6 is 0 Å². The summed E-state index contributed by atoms with van der Waals surface area (Å²) in [5.74, 6) is 1.68. The fourth-order valence-electron chi connectivity index (χ4n) is 1.16. The maximum absolute atomic E-state index is 5.14. The summed E-state index contributed by atoms with van der Waals surface area (Å²) < 4.78 is 5.14. The van der Waals surface area contributed by atoms with E-state index in [1.165, 1.54) is 6.42 Å². The van der Waals surface area contributed by atoms with Gasteiger partial charge in [-0.3, -0.25) is 0 Å². The molecule has 0 radical (unpaired) electrons. The number of rotatable bonds is 2. The lowest BCUT2D eigenvalue weighted by atomic mass is 10.1. The molecule has 1 saturated carbocycles. The summed E-state index contributed by atoms with van der Waals surface area (Å²) in [4.78, 5) is 0. The Hall–Kier alpha value is -0.0400. The van der Waals surface area contributed by atoms with Crippen molar-refractivity contribution in [1.82, 2.24) is 0 Å². The molecule has 0 saturated heterocycles. The van der Waals surface area contributed by atoms with Crippen LogP contribution in [0.2, 0.25) is 0 Å². The Morgan fingerprint density at radius 1 is 1.50 bits per heavy atom. The van der Waals surface area contributed by atoms with E-state index >= 15 is 0 Å². The van der Waals surface area contributed by atoms with E-state index in [1.807, 2.05) is 0 Å². The molecule has 8 heavy (non-hydrogen) atoms. The molecule has 1 nitrogen and oxygen atoms in total. The van der Waals surface area contributed by atoms with Gasteiger partial charge >= 0.3 is 0 Å². The average Bonchev–Trinajstić information content (AvgIpc) is 2.42. The zero-order valence-corrected chi connectivity index (χ0v) is 5.85. The first-order chi connectivity index (χ1) is 3.75. The molecule has 0 spiro atoms. The molecular formula is C7H14O. The van der Waals surface area contributed by atoms with Gasteiger partial charge in [-0.1, -0.05) is 13.8 Å². The van der Waals surface area contributed by atoms with E-state index in [2.05, 4.69) is 13.8 Å². The van der Waals surface area contributed by atoms with Gasteiger partial charge in [-0.2, -0.15) is 0 Å². The molecule has 1 heteroatoms. The van der Waals surface area contributed by atoms with E-state index in [4.69, 9.17) is 4.74 Å². The van der Waals surface area contributed by atoms with Crippen LogP contribution in [0, 0.1) is 11.8 Å². The van der Waals surface area contributed by atoms with Crippen LogP contribution in [-0.4, -0.2) is 13.2 Å². The molecule has 0 aromatic carbocycles. The molecule has 48 valence electrons.